The van der Waals surface area contributed by atoms with Crippen LogP contribution in [0, 0.1) is 5.41 Å². The van der Waals surface area contributed by atoms with Gasteiger partial charge >= 0.3 is 0 Å². The first-order valence-electron chi connectivity index (χ1n) is 9.69. The van der Waals surface area contributed by atoms with Gasteiger partial charge in [-0.05, 0) is 48.9 Å². The SMILES string of the molecule is CC(C)(C)CC1CCCN1C(=O)COc1cccc(NC(=O)c2ccco2)c1. The molecule has 6 nitrogen and oxygen atoms in total. The molecule has 3 rings (SSSR count). The largest absolute Gasteiger partial charge is 0.484 e. The van der Waals surface area contributed by atoms with Crippen LogP contribution in [0.2, 0.25) is 0 Å². The highest BCUT2D eigenvalue weighted by molar-refractivity contribution is 6.02. The van der Waals surface area contributed by atoms with E-state index in [0.717, 1.165) is 25.8 Å². The first kappa shape index (κ1) is 20.0. The van der Waals surface area contributed by atoms with Crippen molar-refractivity contribution >= 4 is 17.5 Å². The molecule has 0 spiro atoms. The second kappa shape index (κ2) is 8.50. The number of nitrogens with one attached hydrogen (secondary N) is 1. The van der Waals surface area contributed by atoms with E-state index in [1.54, 1.807) is 36.4 Å². The van der Waals surface area contributed by atoms with Gasteiger partial charge in [0.1, 0.15) is 5.75 Å². The summed E-state index contributed by atoms with van der Waals surface area (Å²) >= 11 is 0. The van der Waals surface area contributed by atoms with Gasteiger partial charge in [0.2, 0.25) is 0 Å². The van der Waals surface area contributed by atoms with Crippen LogP contribution in [0.5, 0.6) is 5.75 Å². The molecule has 1 N–H and O–H groups in total. The normalized spacial score (nSPS) is 16.8. The number of nitrogens with zero attached hydrogens (tertiary/aromatic N) is 1. The third-order valence-electron chi connectivity index (χ3n) is 4.74. The van der Waals surface area contributed by atoms with Gasteiger partial charge in [-0.2, -0.15) is 0 Å². The lowest BCUT2D eigenvalue weighted by Gasteiger charge is -2.30. The minimum absolute atomic E-state index is 0.00374. The molecule has 1 unspecified atom stereocenters. The van der Waals surface area contributed by atoms with Gasteiger partial charge < -0.3 is 19.4 Å². The van der Waals surface area contributed by atoms with Gasteiger partial charge in [0.05, 0.1) is 6.26 Å². The van der Waals surface area contributed by atoms with E-state index in [4.69, 9.17) is 9.15 Å². The van der Waals surface area contributed by atoms with Gasteiger partial charge in [-0.15, -0.1) is 0 Å². The van der Waals surface area contributed by atoms with Crippen molar-refractivity contribution in [2.45, 2.75) is 46.1 Å². The molecule has 0 saturated carbocycles. The number of rotatable bonds is 6. The van der Waals surface area contributed by atoms with E-state index in [9.17, 15) is 9.59 Å². The summed E-state index contributed by atoms with van der Waals surface area (Å²) in [5.74, 6) is 0.453. The van der Waals surface area contributed by atoms with Crippen LogP contribution in [-0.4, -0.2) is 35.9 Å². The molecule has 0 bridgehead atoms. The van der Waals surface area contributed by atoms with E-state index >= 15 is 0 Å². The number of carbonyl (C=O) groups is 2. The number of likely N-dealkylation sites (tertiary alicyclic amines) is 1. The van der Waals surface area contributed by atoms with Crippen LogP contribution in [-0.2, 0) is 4.79 Å². The van der Waals surface area contributed by atoms with Crippen molar-refractivity contribution in [2.75, 3.05) is 18.5 Å². The Morgan fingerprint density at radius 3 is 2.79 bits per heavy atom. The Labute approximate surface area is 165 Å². The van der Waals surface area contributed by atoms with Crippen LogP contribution in [0.15, 0.2) is 47.1 Å². The molecule has 0 aliphatic carbocycles. The first-order chi connectivity index (χ1) is 13.3. The molecule has 1 saturated heterocycles. The lowest BCUT2D eigenvalue weighted by Crippen LogP contribution is -2.40. The number of carbonyl (C=O) groups excluding carboxylic acids is 2. The third kappa shape index (κ3) is 5.38. The summed E-state index contributed by atoms with van der Waals surface area (Å²) in [6, 6.07) is 10.5. The average Bonchev–Trinajstić information content (AvgIpc) is 3.30. The minimum atomic E-state index is -0.333. The summed E-state index contributed by atoms with van der Waals surface area (Å²) in [7, 11) is 0. The molecule has 2 aromatic rings. The maximum Gasteiger partial charge on any atom is 0.291 e. The van der Waals surface area contributed by atoms with Crippen LogP contribution < -0.4 is 10.1 Å². The predicted molar refractivity (Wildman–Crippen MR) is 107 cm³/mol. The van der Waals surface area contributed by atoms with Crippen LogP contribution in [0.4, 0.5) is 5.69 Å². The molecule has 2 amide bonds. The first-order valence-corrected chi connectivity index (χ1v) is 9.69. The van der Waals surface area contributed by atoms with Crippen molar-refractivity contribution < 1.29 is 18.7 Å². The average molecular weight is 384 g/mol. The van der Waals surface area contributed by atoms with Crippen molar-refractivity contribution in [3.05, 3.63) is 48.4 Å². The Hall–Kier alpha value is -2.76. The lowest BCUT2D eigenvalue weighted by atomic mass is 9.87. The van der Waals surface area contributed by atoms with Gasteiger partial charge in [0.15, 0.2) is 12.4 Å². The molecule has 1 fully saturated rings. The molecule has 1 atom stereocenters. The van der Waals surface area contributed by atoms with Crippen molar-refractivity contribution in [2.24, 2.45) is 5.41 Å². The second-order valence-electron chi connectivity index (χ2n) is 8.40. The van der Waals surface area contributed by atoms with E-state index in [0.29, 0.717) is 11.4 Å². The number of hydrogen-bond acceptors (Lipinski definition) is 4. The molecule has 1 aliphatic heterocycles. The lowest BCUT2D eigenvalue weighted by molar-refractivity contribution is -0.134. The predicted octanol–water partition coefficient (Wildman–Crippen LogP) is 4.34. The van der Waals surface area contributed by atoms with E-state index in [-0.39, 0.29) is 35.6 Å². The Kier molecular flexibility index (Phi) is 6.07. The van der Waals surface area contributed by atoms with Crippen molar-refractivity contribution in [3.8, 4) is 5.75 Å². The summed E-state index contributed by atoms with van der Waals surface area (Å²) in [5.41, 5.74) is 0.771. The Morgan fingerprint density at radius 1 is 1.25 bits per heavy atom. The highest BCUT2D eigenvalue weighted by Crippen LogP contribution is 2.30. The van der Waals surface area contributed by atoms with Crippen LogP contribution in [0.1, 0.15) is 50.6 Å². The molecule has 1 aromatic carbocycles. The van der Waals surface area contributed by atoms with Gasteiger partial charge in [0, 0.05) is 24.3 Å². The third-order valence-corrected chi connectivity index (χ3v) is 4.74. The fourth-order valence-electron chi connectivity index (χ4n) is 3.58. The molecule has 28 heavy (non-hydrogen) atoms. The molecule has 1 aliphatic rings. The smallest absolute Gasteiger partial charge is 0.291 e. The maximum absolute atomic E-state index is 12.7. The fraction of sp³-hybridized carbons (Fsp3) is 0.455. The van der Waals surface area contributed by atoms with Crippen LogP contribution >= 0.6 is 0 Å². The van der Waals surface area contributed by atoms with Crippen molar-refractivity contribution in [1.29, 1.82) is 0 Å². The molecule has 6 heteroatoms. The summed E-state index contributed by atoms with van der Waals surface area (Å²) in [6.45, 7) is 7.39. The van der Waals surface area contributed by atoms with Crippen molar-refractivity contribution in [1.82, 2.24) is 4.90 Å². The number of anilines is 1. The molecule has 2 heterocycles. The Morgan fingerprint density at radius 2 is 2.07 bits per heavy atom. The molecular formula is C22H28N2O4. The molecular weight excluding hydrogens is 356 g/mol. The van der Waals surface area contributed by atoms with Crippen molar-refractivity contribution in [3.63, 3.8) is 0 Å². The number of hydrogen-bond donors (Lipinski definition) is 1. The van der Waals surface area contributed by atoms with Crippen LogP contribution in [0.3, 0.4) is 0 Å². The highest BCUT2D eigenvalue weighted by Gasteiger charge is 2.31. The topological polar surface area (TPSA) is 71.8 Å². The van der Waals surface area contributed by atoms with Gasteiger partial charge in [-0.1, -0.05) is 26.8 Å². The Balaban J connectivity index is 1.55. The summed E-state index contributed by atoms with van der Waals surface area (Å²) in [4.78, 5) is 26.7. The summed E-state index contributed by atoms with van der Waals surface area (Å²) < 4.78 is 10.8. The number of benzene rings is 1. The molecule has 1 aromatic heterocycles. The van der Waals surface area contributed by atoms with E-state index in [1.165, 1.54) is 6.26 Å². The molecule has 150 valence electrons. The molecule has 0 radical (unpaired) electrons. The van der Waals surface area contributed by atoms with Gasteiger partial charge in [-0.25, -0.2) is 0 Å². The second-order valence-corrected chi connectivity index (χ2v) is 8.40. The number of furan rings is 1. The fourth-order valence-corrected chi connectivity index (χ4v) is 3.58. The van der Waals surface area contributed by atoms with E-state index in [2.05, 4.69) is 26.1 Å². The Bertz CT molecular complexity index is 808. The zero-order valence-corrected chi connectivity index (χ0v) is 16.7. The highest BCUT2D eigenvalue weighted by atomic mass is 16.5. The van der Waals surface area contributed by atoms with Crippen LogP contribution in [0.25, 0.3) is 0 Å². The zero-order chi connectivity index (χ0) is 20.1. The standard InChI is InChI=1S/C22H28N2O4/c1-22(2,3)14-17-8-5-11-24(17)20(25)15-28-18-9-4-7-16(13-18)23-21(26)19-10-6-12-27-19/h4,6-7,9-10,12-13,17H,5,8,11,14-15H2,1-3H3,(H,23,26). The van der Waals surface area contributed by atoms with Gasteiger partial charge in [0.25, 0.3) is 11.8 Å². The minimum Gasteiger partial charge on any atom is -0.484 e. The number of ether oxygens (including phenoxy) is 1. The summed E-state index contributed by atoms with van der Waals surface area (Å²) in [6.07, 6.45) is 4.54. The zero-order valence-electron chi connectivity index (χ0n) is 16.7. The maximum atomic E-state index is 12.7. The van der Waals surface area contributed by atoms with E-state index < -0.39 is 0 Å². The van der Waals surface area contributed by atoms with Gasteiger partial charge in [-0.3, -0.25) is 9.59 Å². The van der Waals surface area contributed by atoms with E-state index in [1.807, 2.05) is 4.90 Å². The quantitative estimate of drug-likeness (QED) is 0.804. The monoisotopic (exact) mass is 384 g/mol. The summed E-state index contributed by atoms with van der Waals surface area (Å²) in [5, 5.41) is 2.75. The number of amides is 2.